The van der Waals surface area contributed by atoms with E-state index in [9.17, 15) is 84.0 Å². The number of nitrogens with zero attached hydrogens (tertiary/aromatic N) is 1. The maximum absolute atomic E-state index is 13.4. The number of unbranched alkanes of at least 4 members (excludes halogenated alkanes) is 21. The van der Waals surface area contributed by atoms with E-state index < -0.39 is 98.4 Å². The van der Waals surface area contributed by atoms with Crippen LogP contribution in [0.25, 0.3) is 0 Å². The van der Waals surface area contributed by atoms with Gasteiger partial charge in [-0.15, -0.1) is 0 Å². The normalized spacial score (nSPS) is 20.7. The van der Waals surface area contributed by atoms with E-state index in [4.69, 9.17) is 18.9 Å². The third kappa shape index (κ3) is 44.9. The maximum Gasteiger partial charge on any atom is 0.242 e. The predicted octanol–water partition coefficient (Wildman–Crippen LogP) is 0.249. The first-order valence-electron chi connectivity index (χ1n) is 37.7. The van der Waals surface area contributed by atoms with Crippen molar-refractivity contribution in [2.45, 2.75) is 293 Å². The zero-order valence-electron chi connectivity index (χ0n) is 60.6. The Bertz CT molecular complexity index is 2180. The molecule has 9 amide bonds. The van der Waals surface area contributed by atoms with Crippen LogP contribution >= 0.6 is 0 Å². The molecule has 17 N–H and O–H groups in total. The molecule has 101 heavy (non-hydrogen) atoms. The number of hydrogen-bond acceptors (Lipinski definition) is 22. The molecule has 31 heteroatoms. The average Bonchev–Trinajstić information content (AvgIpc) is 0.837. The number of carbonyl (C=O) groups excluding carboxylic acids is 9. The number of aliphatic hydroxyl groups excluding tert-OH is 8. The van der Waals surface area contributed by atoms with Crippen molar-refractivity contribution in [3.05, 3.63) is 0 Å². The standard InChI is InChI=1S/C70H130N10O21/c1-3-5-6-7-8-9-10-11-12-13-14-15-20-33-55(84)72-40-30-25-31-51(68(97)78-41-29-18-21-32-54(83)71-4-2)79-58(87)36-24-19-28-39-75-61(90)48-80(46-59(88)73-37-26-16-22-34-56(85)76-42-44-98-69-66(95)64(93)62(91)52(49-81)100-69)47-60(89)74-38-27-17-23-35-57(86)77-43-45-99-70-67(96)65(94)63(92)53(50-82)101-70/h51-53,62-67,69-70,81-82,91-96H,3-50H2,1-2H3,(H,71,83)(H,72,84)(H,73,88)(H,74,89)(H,75,90)(H,76,85)(H,77,86)(H,78,97)(H,79,87)/t51?,52-,53-,62-,63-,64+,65+,66+,67+,69+,70+/m1/s1. The van der Waals surface area contributed by atoms with Crippen LogP contribution in [0.3, 0.4) is 0 Å². The second-order valence-corrected chi connectivity index (χ2v) is 26.5. The monoisotopic (exact) mass is 1450 g/mol. The number of amides is 9. The molecule has 2 aliphatic heterocycles. The molecular weight excluding hydrogens is 1320 g/mol. The van der Waals surface area contributed by atoms with Crippen LogP contribution in [0.5, 0.6) is 0 Å². The highest BCUT2D eigenvalue weighted by Gasteiger charge is 2.45. The van der Waals surface area contributed by atoms with Gasteiger partial charge < -0.3 is 108 Å². The summed E-state index contributed by atoms with van der Waals surface area (Å²) in [6.07, 6.45) is 11.6. The minimum Gasteiger partial charge on any atom is -0.394 e. The van der Waals surface area contributed by atoms with Crippen LogP contribution in [0.4, 0.5) is 0 Å². The zero-order valence-corrected chi connectivity index (χ0v) is 60.6. The molecule has 0 aromatic rings. The first-order chi connectivity index (χ1) is 48.7. The first-order valence-corrected chi connectivity index (χ1v) is 37.7. The van der Waals surface area contributed by atoms with E-state index in [2.05, 4.69) is 54.8 Å². The van der Waals surface area contributed by atoms with E-state index in [0.717, 1.165) is 25.7 Å². The highest BCUT2D eigenvalue weighted by Crippen LogP contribution is 2.23. The van der Waals surface area contributed by atoms with Crippen molar-refractivity contribution in [3.8, 4) is 0 Å². The van der Waals surface area contributed by atoms with E-state index in [1.54, 1.807) is 0 Å². The number of ether oxygens (including phenoxy) is 4. The van der Waals surface area contributed by atoms with E-state index >= 15 is 0 Å². The van der Waals surface area contributed by atoms with Gasteiger partial charge in [-0.25, -0.2) is 0 Å². The highest BCUT2D eigenvalue weighted by molar-refractivity contribution is 5.87. The summed E-state index contributed by atoms with van der Waals surface area (Å²) in [6, 6.07) is -0.777. The van der Waals surface area contributed by atoms with Crippen LogP contribution in [0.15, 0.2) is 0 Å². The lowest BCUT2D eigenvalue weighted by atomic mass is 9.99. The lowest BCUT2D eigenvalue weighted by Crippen LogP contribution is -2.59. The summed E-state index contributed by atoms with van der Waals surface area (Å²) in [6.45, 7) is 4.15. The largest absolute Gasteiger partial charge is 0.394 e. The lowest BCUT2D eigenvalue weighted by molar-refractivity contribution is -0.300. The Kier molecular flexibility index (Phi) is 53.6. The van der Waals surface area contributed by atoms with E-state index in [-0.39, 0.29) is 120 Å². The Hall–Kier alpha value is -5.29. The van der Waals surface area contributed by atoms with Gasteiger partial charge in [-0.1, -0.05) is 110 Å². The van der Waals surface area contributed by atoms with Crippen LogP contribution in [-0.2, 0) is 62.1 Å². The van der Waals surface area contributed by atoms with Gasteiger partial charge in [0.05, 0.1) is 46.1 Å². The summed E-state index contributed by atoms with van der Waals surface area (Å²) >= 11 is 0. The van der Waals surface area contributed by atoms with Gasteiger partial charge in [-0.3, -0.25) is 48.1 Å². The summed E-state index contributed by atoms with van der Waals surface area (Å²) in [5.74, 6) is -2.46. The molecule has 11 atom stereocenters. The molecule has 0 aromatic heterocycles. The Labute approximate surface area is 598 Å². The Morgan fingerprint density at radius 2 is 0.653 bits per heavy atom. The molecule has 0 bridgehead atoms. The van der Waals surface area contributed by atoms with Gasteiger partial charge in [0, 0.05) is 84.5 Å². The summed E-state index contributed by atoms with van der Waals surface area (Å²) in [4.78, 5) is 117. The molecule has 2 fully saturated rings. The molecule has 0 aromatic carbocycles. The predicted molar refractivity (Wildman–Crippen MR) is 376 cm³/mol. The molecule has 2 aliphatic rings. The third-order valence-electron chi connectivity index (χ3n) is 17.6. The Morgan fingerprint density at radius 3 is 1.02 bits per heavy atom. The molecule has 2 rings (SSSR count). The van der Waals surface area contributed by atoms with Crippen LogP contribution in [0.1, 0.15) is 226 Å². The quantitative estimate of drug-likeness (QED) is 0.0363. The van der Waals surface area contributed by atoms with Crippen molar-refractivity contribution < 1.29 is 103 Å². The van der Waals surface area contributed by atoms with Gasteiger partial charge in [0.25, 0.3) is 0 Å². The number of hydrogen-bond donors (Lipinski definition) is 17. The minimum atomic E-state index is -1.59. The first kappa shape index (κ1) is 91.8. The smallest absolute Gasteiger partial charge is 0.242 e. The fraction of sp³-hybridized carbons (Fsp3) is 0.871. The second-order valence-electron chi connectivity index (χ2n) is 26.5. The molecule has 2 heterocycles. The fourth-order valence-corrected chi connectivity index (χ4v) is 11.5. The van der Waals surface area contributed by atoms with E-state index in [1.807, 2.05) is 6.92 Å². The van der Waals surface area contributed by atoms with Crippen molar-refractivity contribution >= 4 is 53.2 Å². The maximum atomic E-state index is 13.4. The molecule has 586 valence electrons. The van der Waals surface area contributed by atoms with Gasteiger partial charge in [0.1, 0.15) is 54.9 Å². The van der Waals surface area contributed by atoms with Crippen LogP contribution in [0, 0.1) is 0 Å². The van der Waals surface area contributed by atoms with Crippen LogP contribution in [0.2, 0.25) is 0 Å². The fourth-order valence-electron chi connectivity index (χ4n) is 11.5. The van der Waals surface area contributed by atoms with Crippen molar-refractivity contribution in [2.24, 2.45) is 0 Å². The van der Waals surface area contributed by atoms with Crippen molar-refractivity contribution in [2.75, 3.05) is 98.4 Å². The molecule has 0 radical (unpaired) electrons. The van der Waals surface area contributed by atoms with Gasteiger partial charge >= 0.3 is 0 Å². The minimum absolute atomic E-state index is 0.00994. The summed E-state index contributed by atoms with van der Waals surface area (Å²) in [5.41, 5.74) is 0. The number of rotatable bonds is 62. The number of carbonyl (C=O) groups is 9. The van der Waals surface area contributed by atoms with Gasteiger partial charge in [0.2, 0.25) is 53.2 Å². The third-order valence-corrected chi connectivity index (χ3v) is 17.6. The van der Waals surface area contributed by atoms with Crippen molar-refractivity contribution in [1.82, 2.24) is 52.8 Å². The van der Waals surface area contributed by atoms with Crippen molar-refractivity contribution in [1.29, 1.82) is 0 Å². The van der Waals surface area contributed by atoms with Crippen LogP contribution < -0.4 is 47.9 Å². The molecular formula is C70H130N10O21. The number of aliphatic hydroxyl groups is 8. The second kappa shape index (κ2) is 59.0. The SMILES string of the molecule is CCCCCCCCCCCCCCCC(=O)NCCCCC(NC(=O)CCCCCNC(=O)CN(CC(=O)NCCCCCC(=O)NCCO[C@H]1O[C@H](CO)[C@@H](O)[C@H](O)[C@@H]1O)CC(=O)NCCCCCC(=O)NCCO[C@H]1O[C@H](CO)[C@@H](O)[C@H](O)[C@@H]1O)C(=O)NCCCCCC(=O)NCC. The number of nitrogens with one attached hydrogen (secondary N) is 9. The van der Waals surface area contributed by atoms with E-state index in [1.165, 1.54) is 69.1 Å². The van der Waals surface area contributed by atoms with Gasteiger partial charge in [-0.05, 0) is 84.0 Å². The molecule has 1 unspecified atom stereocenters. The molecule has 2 saturated heterocycles. The van der Waals surface area contributed by atoms with Crippen LogP contribution in [-0.4, -0.2) is 265 Å². The Morgan fingerprint density at radius 1 is 0.347 bits per heavy atom. The lowest BCUT2D eigenvalue weighted by Gasteiger charge is -2.39. The molecule has 0 aliphatic carbocycles. The van der Waals surface area contributed by atoms with Crippen molar-refractivity contribution in [3.63, 3.8) is 0 Å². The highest BCUT2D eigenvalue weighted by atomic mass is 16.7. The summed E-state index contributed by atoms with van der Waals surface area (Å²) in [5, 5.41) is 104. The van der Waals surface area contributed by atoms with Gasteiger partial charge in [-0.2, -0.15) is 0 Å². The van der Waals surface area contributed by atoms with Gasteiger partial charge in [0.15, 0.2) is 12.6 Å². The zero-order chi connectivity index (χ0) is 74.3. The topological polar surface area (TPSA) is 464 Å². The summed E-state index contributed by atoms with van der Waals surface area (Å²) in [7, 11) is 0. The van der Waals surface area contributed by atoms with E-state index in [0.29, 0.717) is 122 Å². The average molecular weight is 1450 g/mol. The Balaban J connectivity index is 1.83. The summed E-state index contributed by atoms with van der Waals surface area (Å²) < 4.78 is 21.4. The molecule has 0 saturated carbocycles. The molecule has 31 nitrogen and oxygen atoms in total. The molecule has 0 spiro atoms.